The molecule has 13 rings (SSSR count). The van der Waals surface area contributed by atoms with Crippen LogP contribution >= 0.6 is 0 Å². The Labute approximate surface area is 430 Å². The van der Waals surface area contributed by atoms with E-state index in [1.54, 1.807) is 0 Å². The van der Waals surface area contributed by atoms with Crippen molar-refractivity contribution < 1.29 is 0 Å². The van der Waals surface area contributed by atoms with Crippen LogP contribution in [0.15, 0.2) is 236 Å². The fourth-order valence-electron chi connectivity index (χ4n) is 12.9. The zero-order chi connectivity index (χ0) is 49.8. The summed E-state index contributed by atoms with van der Waals surface area (Å²) in [4.78, 5) is 4.94. The van der Waals surface area contributed by atoms with E-state index >= 15 is 0 Å². The lowest BCUT2D eigenvalue weighted by Gasteiger charge is -2.37. The predicted octanol–water partition coefficient (Wildman–Crippen LogP) is 18.5. The zero-order valence-corrected chi connectivity index (χ0v) is 42.6. The van der Waals surface area contributed by atoms with E-state index in [1.807, 2.05) is 0 Å². The molecule has 0 bridgehead atoms. The van der Waals surface area contributed by atoms with Gasteiger partial charge in [0.25, 0.3) is 0 Å². The Morgan fingerprint density at radius 2 is 1.16 bits per heavy atom. The first-order valence-electron chi connectivity index (χ1n) is 25.9. The standard InChI is InChI=1S/C70H59N3/c1-45-23-17-18-30-53(45)46(2)39-47(3)71(48-24-11-8-12-25-48)52-35-37-54-58-42-63-60(43-62(58)69(4,5)61(54)41-52)68-57-33-20-19-31-55(57)67(44-64(68)70(63,6)7)72(49-26-13-9-14-27-49)51-36-38-66-59(40-51)56-32-21-22-34-65(56)73(66)50-28-15-10-16-29-50/h8-40,42-44,52H,3,41H2,1-2,4-7H3/b46-39+. The first kappa shape index (κ1) is 44.5. The maximum Gasteiger partial charge on any atom is 0.0563 e. The molecule has 1 heterocycles. The van der Waals surface area contributed by atoms with Crippen molar-refractivity contribution in [2.75, 3.05) is 9.80 Å². The van der Waals surface area contributed by atoms with Gasteiger partial charge in [-0.1, -0.05) is 168 Å². The summed E-state index contributed by atoms with van der Waals surface area (Å²) < 4.78 is 2.40. The molecule has 1 unspecified atom stereocenters. The minimum absolute atomic E-state index is 0.102. The number of para-hydroxylation sites is 4. The molecule has 0 radical (unpaired) electrons. The Morgan fingerprint density at radius 1 is 0.562 bits per heavy atom. The van der Waals surface area contributed by atoms with Crippen LogP contribution < -0.4 is 9.80 Å². The third-order valence-electron chi connectivity index (χ3n) is 16.6. The Morgan fingerprint density at radius 3 is 1.90 bits per heavy atom. The Bertz CT molecular complexity index is 3970. The monoisotopic (exact) mass is 941 g/mol. The summed E-state index contributed by atoms with van der Waals surface area (Å²) in [5.41, 5.74) is 23.5. The first-order valence-corrected chi connectivity index (χ1v) is 25.9. The smallest absolute Gasteiger partial charge is 0.0563 e. The highest BCUT2D eigenvalue weighted by Crippen LogP contribution is 2.59. The molecule has 0 fully saturated rings. The number of fused-ring (bicyclic) bond motifs is 10. The molecule has 3 aliphatic carbocycles. The van der Waals surface area contributed by atoms with E-state index in [1.165, 1.54) is 99.5 Å². The van der Waals surface area contributed by atoms with E-state index in [0.29, 0.717) is 0 Å². The van der Waals surface area contributed by atoms with Gasteiger partial charge in [0.2, 0.25) is 0 Å². The van der Waals surface area contributed by atoms with E-state index in [2.05, 4.69) is 274 Å². The van der Waals surface area contributed by atoms with Gasteiger partial charge in [-0.2, -0.15) is 0 Å². The number of anilines is 4. The number of benzene rings is 9. The van der Waals surface area contributed by atoms with Crippen LogP contribution in [0.3, 0.4) is 0 Å². The van der Waals surface area contributed by atoms with E-state index < -0.39 is 0 Å². The SMILES string of the molecule is C=C(/C=C(\C)c1ccccc1C)N(c1ccccc1)C1C=CC2=C(C1)C(C)(C)c1cc3c(cc12)C(C)(C)c1cc(N(c2ccccc2)c2ccc4c(c2)c2ccccc2n4-c2ccccc2)c2ccccc2c1-3. The van der Waals surface area contributed by atoms with Crippen LogP contribution in [-0.4, -0.2) is 10.6 Å². The van der Waals surface area contributed by atoms with Crippen molar-refractivity contribution in [1.82, 2.24) is 4.57 Å². The topological polar surface area (TPSA) is 11.4 Å². The molecule has 1 atom stereocenters. The molecular formula is C70H59N3. The van der Waals surface area contributed by atoms with E-state index in [9.17, 15) is 0 Å². The summed E-state index contributed by atoms with van der Waals surface area (Å²) in [5, 5.41) is 4.98. The number of hydrogen-bond donors (Lipinski definition) is 0. The summed E-state index contributed by atoms with van der Waals surface area (Å²) in [5.74, 6) is 0. The minimum Gasteiger partial charge on any atom is -0.335 e. The second-order valence-electron chi connectivity index (χ2n) is 21.5. The molecule has 0 N–H and O–H groups in total. The van der Waals surface area contributed by atoms with Crippen molar-refractivity contribution in [3.05, 3.63) is 270 Å². The van der Waals surface area contributed by atoms with Crippen LogP contribution in [-0.2, 0) is 10.8 Å². The lowest BCUT2D eigenvalue weighted by atomic mass is 9.76. The van der Waals surface area contributed by atoms with Gasteiger partial charge in [0.15, 0.2) is 0 Å². The Hall–Kier alpha value is -8.40. The molecule has 354 valence electrons. The highest BCUT2D eigenvalue weighted by atomic mass is 15.2. The van der Waals surface area contributed by atoms with Crippen molar-refractivity contribution >= 4 is 66.5 Å². The van der Waals surface area contributed by atoms with Gasteiger partial charge in [-0.15, -0.1) is 0 Å². The fourth-order valence-corrected chi connectivity index (χ4v) is 12.9. The molecule has 3 nitrogen and oxygen atoms in total. The molecular weight excluding hydrogens is 883 g/mol. The highest BCUT2D eigenvalue weighted by molar-refractivity contribution is 6.13. The number of nitrogens with zero attached hydrogens (tertiary/aromatic N) is 3. The normalized spacial score (nSPS) is 16.1. The van der Waals surface area contributed by atoms with Crippen molar-refractivity contribution in [3.63, 3.8) is 0 Å². The second-order valence-corrected chi connectivity index (χ2v) is 21.5. The van der Waals surface area contributed by atoms with E-state index in [4.69, 9.17) is 6.58 Å². The summed E-state index contributed by atoms with van der Waals surface area (Å²) >= 11 is 0. The van der Waals surface area contributed by atoms with Crippen molar-refractivity contribution in [3.8, 4) is 16.8 Å². The molecule has 0 aliphatic heterocycles. The third-order valence-corrected chi connectivity index (χ3v) is 16.6. The van der Waals surface area contributed by atoms with Gasteiger partial charge < -0.3 is 14.4 Å². The average Bonchev–Trinajstić information content (AvgIpc) is 3.95. The number of hydrogen-bond acceptors (Lipinski definition) is 2. The molecule has 0 saturated heterocycles. The summed E-state index contributed by atoms with van der Waals surface area (Å²) in [6.45, 7) is 18.9. The van der Waals surface area contributed by atoms with E-state index in [-0.39, 0.29) is 16.9 Å². The molecule has 3 heteroatoms. The number of rotatable bonds is 9. The Balaban J connectivity index is 0.919. The van der Waals surface area contributed by atoms with E-state index in [0.717, 1.165) is 34.9 Å². The number of allylic oxidation sites excluding steroid dienone is 4. The molecule has 1 aromatic heterocycles. The van der Waals surface area contributed by atoms with Gasteiger partial charge >= 0.3 is 0 Å². The zero-order valence-electron chi connectivity index (χ0n) is 42.6. The average molecular weight is 942 g/mol. The molecule has 0 saturated carbocycles. The second kappa shape index (κ2) is 16.9. The lowest BCUT2D eigenvalue weighted by Crippen LogP contribution is -2.35. The third kappa shape index (κ3) is 6.93. The fraction of sp³-hybridized carbons (Fsp3) is 0.143. The van der Waals surface area contributed by atoms with Gasteiger partial charge in [-0.05, 0) is 172 Å². The first-order chi connectivity index (χ1) is 35.5. The molecule has 0 amide bonds. The van der Waals surface area contributed by atoms with Crippen molar-refractivity contribution in [2.24, 2.45) is 0 Å². The van der Waals surface area contributed by atoms with Crippen LogP contribution in [0.4, 0.5) is 22.7 Å². The molecule has 9 aromatic carbocycles. The number of aromatic nitrogens is 1. The van der Waals surface area contributed by atoms with Crippen LogP contribution in [0.2, 0.25) is 0 Å². The Kier molecular flexibility index (Phi) is 10.3. The summed E-state index contributed by atoms with van der Waals surface area (Å²) in [6.07, 6.45) is 8.04. The molecule has 0 spiro atoms. The maximum atomic E-state index is 4.75. The molecule has 3 aliphatic rings. The summed E-state index contributed by atoms with van der Waals surface area (Å²) in [6, 6.07) is 73.9. The quantitative estimate of drug-likeness (QED) is 0.134. The van der Waals surface area contributed by atoms with Gasteiger partial charge in [0, 0.05) is 55.4 Å². The maximum absolute atomic E-state index is 4.75. The van der Waals surface area contributed by atoms with Crippen LogP contribution in [0, 0.1) is 6.92 Å². The van der Waals surface area contributed by atoms with Gasteiger partial charge in [-0.25, -0.2) is 0 Å². The van der Waals surface area contributed by atoms with Crippen LogP contribution in [0.25, 0.3) is 60.5 Å². The lowest BCUT2D eigenvalue weighted by molar-refractivity contribution is 0.581. The molecule has 73 heavy (non-hydrogen) atoms. The van der Waals surface area contributed by atoms with Gasteiger partial charge in [-0.3, -0.25) is 0 Å². The highest BCUT2D eigenvalue weighted by Gasteiger charge is 2.45. The summed E-state index contributed by atoms with van der Waals surface area (Å²) in [7, 11) is 0. The predicted molar refractivity (Wildman–Crippen MR) is 311 cm³/mol. The van der Waals surface area contributed by atoms with Crippen molar-refractivity contribution in [1.29, 1.82) is 0 Å². The van der Waals surface area contributed by atoms with Crippen molar-refractivity contribution in [2.45, 2.75) is 64.8 Å². The number of aryl methyl sites for hydroxylation is 1. The largest absolute Gasteiger partial charge is 0.335 e. The minimum atomic E-state index is -0.272. The van der Waals surface area contributed by atoms with Crippen LogP contribution in [0.5, 0.6) is 0 Å². The van der Waals surface area contributed by atoms with Gasteiger partial charge in [0.05, 0.1) is 22.8 Å². The van der Waals surface area contributed by atoms with Gasteiger partial charge in [0.1, 0.15) is 0 Å². The molecule has 10 aromatic rings. The van der Waals surface area contributed by atoms with Crippen LogP contribution in [0.1, 0.15) is 74.4 Å².